The molecule has 0 saturated heterocycles. The number of carbonyl (C=O) groups excluding carboxylic acids is 2. The van der Waals surface area contributed by atoms with Crippen molar-refractivity contribution in [2.24, 2.45) is 0 Å². The number of hydrogen-bond acceptors (Lipinski definition) is 5. The lowest BCUT2D eigenvalue weighted by Crippen LogP contribution is -2.17. The number of rotatable bonds is 0. The van der Waals surface area contributed by atoms with Crippen LogP contribution in [0.1, 0.15) is 42.7 Å². The van der Waals surface area contributed by atoms with Gasteiger partial charge in [0.25, 0.3) is 0 Å². The van der Waals surface area contributed by atoms with Crippen LogP contribution in [0.3, 0.4) is 0 Å². The number of aryl methyl sites for hydroxylation is 1. The summed E-state index contributed by atoms with van der Waals surface area (Å²) in [5.41, 5.74) is 1.64. The second kappa shape index (κ2) is 4.38. The third-order valence-corrected chi connectivity index (χ3v) is 7.84. The van der Waals surface area contributed by atoms with Gasteiger partial charge in [0.05, 0.1) is 28.3 Å². The summed E-state index contributed by atoms with van der Waals surface area (Å²) < 4.78 is 8.26. The summed E-state index contributed by atoms with van der Waals surface area (Å²) in [4.78, 5) is 26.0. The summed E-state index contributed by atoms with van der Waals surface area (Å²) in [6.45, 7) is 3.59. The molecule has 3 nitrogen and oxygen atoms in total. The van der Waals surface area contributed by atoms with Crippen molar-refractivity contribution >= 4 is 76.2 Å². The molecule has 21 heavy (non-hydrogen) atoms. The third-order valence-electron chi connectivity index (χ3n) is 3.71. The molecule has 3 heterocycles. The highest BCUT2D eigenvalue weighted by Gasteiger charge is 2.39. The Labute approximate surface area is 144 Å². The average Bonchev–Trinajstić information content (AvgIpc) is 3.04. The molecule has 3 aromatic heterocycles. The number of ketones is 2. The number of fused-ring (bicyclic) bond motifs is 4. The molecule has 1 aliphatic carbocycles. The van der Waals surface area contributed by atoms with Gasteiger partial charge in [-0.3, -0.25) is 9.59 Å². The lowest BCUT2D eigenvalue weighted by atomic mass is 9.91. The molecule has 0 aromatic carbocycles. The summed E-state index contributed by atoms with van der Waals surface area (Å²) in [7, 11) is 0. The molecule has 106 valence electrons. The minimum absolute atomic E-state index is 0.112. The Kier molecular flexibility index (Phi) is 2.89. The highest BCUT2D eigenvalue weighted by Crippen LogP contribution is 2.49. The van der Waals surface area contributed by atoms with Crippen LogP contribution in [-0.2, 0) is 0 Å². The Morgan fingerprint density at radius 2 is 1.67 bits per heavy atom. The zero-order valence-electron chi connectivity index (χ0n) is 10.8. The van der Waals surface area contributed by atoms with Gasteiger partial charge >= 0.3 is 0 Å². The molecular weight excluding hydrogens is 440 g/mol. The van der Waals surface area contributed by atoms with Crippen LogP contribution in [-0.4, -0.2) is 11.6 Å². The zero-order valence-corrected chi connectivity index (χ0v) is 15.6. The second-order valence-corrected chi connectivity index (χ2v) is 9.48. The van der Waals surface area contributed by atoms with Gasteiger partial charge in [-0.25, -0.2) is 0 Å². The number of thiophene rings is 2. The van der Waals surface area contributed by atoms with Crippen LogP contribution in [0.2, 0.25) is 0 Å². The third kappa shape index (κ3) is 1.63. The number of hydrogen-bond donors (Lipinski definition) is 0. The van der Waals surface area contributed by atoms with E-state index >= 15 is 0 Å². The van der Waals surface area contributed by atoms with Crippen molar-refractivity contribution in [2.75, 3.05) is 0 Å². The maximum Gasteiger partial charge on any atom is 0.231 e. The highest BCUT2D eigenvalue weighted by atomic mass is 79.9. The van der Waals surface area contributed by atoms with E-state index in [0.717, 1.165) is 23.2 Å². The van der Waals surface area contributed by atoms with Gasteiger partial charge in [0.15, 0.2) is 5.76 Å². The van der Waals surface area contributed by atoms with Crippen molar-refractivity contribution < 1.29 is 14.0 Å². The van der Waals surface area contributed by atoms with Crippen LogP contribution in [0, 0.1) is 13.8 Å². The van der Waals surface area contributed by atoms with Crippen molar-refractivity contribution in [3.8, 4) is 0 Å². The predicted octanol–water partition coefficient (Wildman–Crippen LogP) is 5.47. The molecular formula is C14H6Br2O3S2. The Morgan fingerprint density at radius 3 is 2.38 bits per heavy atom. The maximum absolute atomic E-state index is 12.8. The fraction of sp³-hybridized carbons (Fsp3) is 0.143. The van der Waals surface area contributed by atoms with E-state index < -0.39 is 0 Å². The summed E-state index contributed by atoms with van der Waals surface area (Å²) in [6.07, 6.45) is 0. The first-order valence-corrected chi connectivity index (χ1v) is 9.23. The van der Waals surface area contributed by atoms with Gasteiger partial charge in [0, 0.05) is 10.9 Å². The first-order valence-electron chi connectivity index (χ1n) is 6.01. The Bertz CT molecular complexity index is 975. The normalized spacial score (nSPS) is 13.9. The predicted molar refractivity (Wildman–Crippen MR) is 90.1 cm³/mol. The van der Waals surface area contributed by atoms with Crippen LogP contribution >= 0.6 is 54.5 Å². The molecule has 7 heteroatoms. The standard InChI is InChI=1S/C14H6Br2O3S2/c1-3-4(2)19-10-5(3)9(18)11-6(8(10)17)7-12(20-11)14(16)21-13(7)15/h1-2H3. The van der Waals surface area contributed by atoms with E-state index in [1.807, 2.05) is 6.92 Å². The molecule has 4 rings (SSSR count). The van der Waals surface area contributed by atoms with Crippen molar-refractivity contribution in [3.63, 3.8) is 0 Å². The van der Waals surface area contributed by atoms with E-state index in [1.165, 1.54) is 22.7 Å². The van der Waals surface area contributed by atoms with E-state index in [-0.39, 0.29) is 17.3 Å². The van der Waals surface area contributed by atoms with Crippen LogP contribution in [0.15, 0.2) is 12.0 Å². The zero-order chi connectivity index (χ0) is 15.0. The van der Waals surface area contributed by atoms with Gasteiger partial charge in [-0.05, 0) is 45.7 Å². The van der Waals surface area contributed by atoms with Gasteiger partial charge in [-0.15, -0.1) is 22.7 Å². The van der Waals surface area contributed by atoms with Crippen LogP contribution in [0.5, 0.6) is 0 Å². The average molecular weight is 446 g/mol. The molecule has 0 fully saturated rings. The molecule has 0 aliphatic heterocycles. The van der Waals surface area contributed by atoms with Crippen LogP contribution < -0.4 is 0 Å². The molecule has 0 spiro atoms. The van der Waals surface area contributed by atoms with Crippen LogP contribution in [0.4, 0.5) is 0 Å². The molecule has 1 aliphatic rings. The van der Waals surface area contributed by atoms with Crippen LogP contribution in [0.25, 0.3) is 10.1 Å². The molecule has 0 bridgehead atoms. The van der Waals surface area contributed by atoms with Gasteiger partial charge in [0.1, 0.15) is 5.76 Å². The molecule has 0 N–H and O–H groups in total. The lowest BCUT2D eigenvalue weighted by Gasteiger charge is -2.09. The van der Waals surface area contributed by atoms with Gasteiger partial charge in [-0.1, -0.05) is 0 Å². The number of carbonyl (C=O) groups is 2. The largest absolute Gasteiger partial charge is 0.457 e. The molecule has 3 aromatic rings. The summed E-state index contributed by atoms with van der Waals surface area (Å²) in [5.74, 6) is 0.488. The monoisotopic (exact) mass is 444 g/mol. The Hall–Kier alpha value is -0.760. The van der Waals surface area contributed by atoms with Crippen molar-refractivity contribution in [1.29, 1.82) is 0 Å². The quantitative estimate of drug-likeness (QED) is 0.360. The second-order valence-electron chi connectivity index (χ2n) is 4.81. The first kappa shape index (κ1) is 13.9. The van der Waals surface area contributed by atoms with Gasteiger partial charge < -0.3 is 4.42 Å². The van der Waals surface area contributed by atoms with Crippen molar-refractivity contribution in [3.05, 3.63) is 40.7 Å². The summed E-state index contributed by atoms with van der Waals surface area (Å²) >= 11 is 9.84. The topological polar surface area (TPSA) is 47.3 Å². The highest BCUT2D eigenvalue weighted by molar-refractivity contribution is 9.12. The first-order chi connectivity index (χ1) is 9.91. The van der Waals surface area contributed by atoms with E-state index in [1.54, 1.807) is 6.92 Å². The SMILES string of the molecule is Cc1oc2c(c1C)C(=O)c1sc3c(Br)sc(Br)c3c1C2=O. The molecule has 0 atom stereocenters. The maximum atomic E-state index is 12.8. The molecule has 0 radical (unpaired) electrons. The van der Waals surface area contributed by atoms with E-state index in [2.05, 4.69) is 31.9 Å². The minimum Gasteiger partial charge on any atom is -0.457 e. The summed E-state index contributed by atoms with van der Waals surface area (Å²) in [6, 6.07) is 0. The molecule has 0 unspecified atom stereocenters. The van der Waals surface area contributed by atoms with Crippen molar-refractivity contribution in [2.45, 2.75) is 13.8 Å². The van der Waals surface area contributed by atoms with Gasteiger partial charge in [-0.2, -0.15) is 0 Å². The fourth-order valence-electron chi connectivity index (χ4n) is 2.60. The fourth-order valence-corrected chi connectivity index (χ4v) is 7.24. The summed E-state index contributed by atoms with van der Waals surface area (Å²) in [5, 5.41) is 0.808. The Balaban J connectivity index is 2.14. The number of furan rings is 1. The van der Waals surface area contributed by atoms with E-state index in [9.17, 15) is 9.59 Å². The Morgan fingerprint density at radius 1 is 0.952 bits per heavy atom. The smallest absolute Gasteiger partial charge is 0.231 e. The minimum atomic E-state index is -0.201. The lowest BCUT2D eigenvalue weighted by molar-refractivity contribution is 0.0963. The van der Waals surface area contributed by atoms with Gasteiger partial charge in [0.2, 0.25) is 11.6 Å². The van der Waals surface area contributed by atoms with Crippen molar-refractivity contribution in [1.82, 2.24) is 0 Å². The van der Waals surface area contributed by atoms with E-state index in [0.29, 0.717) is 21.8 Å². The molecule has 0 saturated carbocycles. The van der Waals surface area contributed by atoms with E-state index in [4.69, 9.17) is 4.42 Å². The molecule has 0 amide bonds. The number of halogens is 2.